The van der Waals surface area contributed by atoms with E-state index in [2.05, 4.69) is 5.32 Å². The lowest BCUT2D eigenvalue weighted by Crippen LogP contribution is -2.38. The van der Waals surface area contributed by atoms with E-state index in [-0.39, 0.29) is 10.6 Å². The molecular formula is C20H16Cl2N2O3S. The van der Waals surface area contributed by atoms with Crippen molar-refractivity contribution in [3.63, 3.8) is 0 Å². The highest BCUT2D eigenvalue weighted by molar-refractivity contribution is 7.92. The molecule has 0 saturated carbocycles. The number of nitrogens with zero attached hydrogens (tertiary/aromatic N) is 1. The van der Waals surface area contributed by atoms with Crippen LogP contribution in [0.5, 0.6) is 0 Å². The maximum Gasteiger partial charge on any atom is 0.264 e. The van der Waals surface area contributed by atoms with Gasteiger partial charge in [0.25, 0.3) is 10.0 Å². The molecule has 0 saturated heterocycles. The number of anilines is 2. The number of carbonyl (C=O) groups is 1. The molecule has 3 aromatic carbocycles. The number of hydrogen-bond donors (Lipinski definition) is 1. The number of carbonyl (C=O) groups excluding carboxylic acids is 1. The monoisotopic (exact) mass is 434 g/mol. The fourth-order valence-electron chi connectivity index (χ4n) is 2.56. The van der Waals surface area contributed by atoms with Crippen molar-refractivity contribution >= 4 is 50.5 Å². The first-order valence-corrected chi connectivity index (χ1v) is 10.4. The second-order valence-electron chi connectivity index (χ2n) is 5.86. The largest absolute Gasteiger partial charge is 0.324 e. The Morgan fingerprint density at radius 1 is 0.857 bits per heavy atom. The Balaban J connectivity index is 1.94. The van der Waals surface area contributed by atoms with E-state index in [9.17, 15) is 13.2 Å². The fourth-order valence-corrected chi connectivity index (χ4v) is 4.37. The lowest BCUT2D eigenvalue weighted by atomic mass is 10.3. The van der Waals surface area contributed by atoms with Crippen molar-refractivity contribution < 1.29 is 13.2 Å². The summed E-state index contributed by atoms with van der Waals surface area (Å²) in [6.45, 7) is -0.427. The Morgan fingerprint density at radius 3 is 2.14 bits per heavy atom. The molecule has 0 heterocycles. The molecular weight excluding hydrogens is 419 g/mol. The lowest BCUT2D eigenvalue weighted by molar-refractivity contribution is -0.114. The Labute approximate surface area is 173 Å². The van der Waals surface area contributed by atoms with Gasteiger partial charge in [-0.25, -0.2) is 8.42 Å². The summed E-state index contributed by atoms with van der Waals surface area (Å²) in [5.74, 6) is -0.512. The van der Waals surface area contributed by atoms with Crippen molar-refractivity contribution in [2.45, 2.75) is 4.90 Å². The van der Waals surface area contributed by atoms with Crippen molar-refractivity contribution in [3.8, 4) is 0 Å². The molecule has 0 aliphatic heterocycles. The molecule has 0 aliphatic rings. The van der Waals surface area contributed by atoms with Gasteiger partial charge in [0.2, 0.25) is 5.91 Å². The molecule has 144 valence electrons. The molecule has 1 amide bonds. The number of halogens is 2. The van der Waals surface area contributed by atoms with Gasteiger partial charge in [0.05, 0.1) is 10.6 Å². The quantitative estimate of drug-likeness (QED) is 0.603. The van der Waals surface area contributed by atoms with Crippen molar-refractivity contribution in [1.82, 2.24) is 0 Å². The van der Waals surface area contributed by atoms with Crippen LogP contribution < -0.4 is 9.62 Å². The van der Waals surface area contributed by atoms with Crippen molar-refractivity contribution in [1.29, 1.82) is 0 Å². The molecule has 28 heavy (non-hydrogen) atoms. The van der Waals surface area contributed by atoms with E-state index in [4.69, 9.17) is 23.2 Å². The first kappa shape index (κ1) is 20.2. The molecule has 0 aromatic heterocycles. The summed E-state index contributed by atoms with van der Waals surface area (Å²) >= 11 is 12.0. The molecule has 0 spiro atoms. The summed E-state index contributed by atoms with van der Waals surface area (Å²) in [6.07, 6.45) is 0. The molecule has 3 aromatic rings. The Morgan fingerprint density at radius 2 is 1.50 bits per heavy atom. The summed E-state index contributed by atoms with van der Waals surface area (Å²) in [5.41, 5.74) is 0.762. The molecule has 0 unspecified atom stereocenters. The van der Waals surface area contributed by atoms with Crippen LogP contribution in [0.1, 0.15) is 0 Å². The van der Waals surface area contributed by atoms with E-state index >= 15 is 0 Å². The minimum atomic E-state index is -3.98. The fraction of sp³-hybridized carbons (Fsp3) is 0.0500. The third-order valence-electron chi connectivity index (χ3n) is 3.82. The van der Waals surface area contributed by atoms with Gasteiger partial charge in [-0.05, 0) is 48.5 Å². The van der Waals surface area contributed by atoms with Crippen LogP contribution in [-0.4, -0.2) is 20.9 Å². The zero-order valence-corrected chi connectivity index (χ0v) is 16.9. The number of benzene rings is 3. The maximum atomic E-state index is 13.2. The average Bonchev–Trinajstić information content (AvgIpc) is 2.67. The Kier molecular flexibility index (Phi) is 6.24. The highest BCUT2D eigenvalue weighted by Gasteiger charge is 2.27. The summed E-state index contributed by atoms with van der Waals surface area (Å²) in [5, 5.41) is 3.48. The molecule has 3 rings (SSSR count). The highest BCUT2D eigenvalue weighted by Crippen LogP contribution is 2.26. The zero-order chi connectivity index (χ0) is 20.1. The van der Waals surface area contributed by atoms with Crippen LogP contribution in [-0.2, 0) is 14.8 Å². The standard InChI is InChI=1S/C20H16Cl2N2O3S/c21-15-6-4-8-17(12-15)23-20(25)14-24(18-9-5-7-16(22)13-18)28(26,27)19-10-2-1-3-11-19/h1-13H,14H2,(H,23,25). The van der Waals surface area contributed by atoms with E-state index in [0.29, 0.717) is 15.7 Å². The van der Waals surface area contributed by atoms with E-state index < -0.39 is 22.5 Å². The number of hydrogen-bond acceptors (Lipinski definition) is 3. The summed E-state index contributed by atoms with van der Waals surface area (Å²) < 4.78 is 27.4. The van der Waals surface area contributed by atoms with Gasteiger partial charge in [-0.1, -0.05) is 53.5 Å². The zero-order valence-electron chi connectivity index (χ0n) is 14.5. The third kappa shape index (κ3) is 4.84. The molecule has 0 aliphatic carbocycles. The number of sulfonamides is 1. The molecule has 8 heteroatoms. The van der Waals surface area contributed by atoms with Crippen molar-refractivity contribution in [2.24, 2.45) is 0 Å². The Hall–Kier alpha value is -2.54. The molecule has 5 nitrogen and oxygen atoms in total. The number of nitrogens with one attached hydrogen (secondary N) is 1. The lowest BCUT2D eigenvalue weighted by Gasteiger charge is -2.24. The van der Waals surface area contributed by atoms with Gasteiger partial charge in [0.15, 0.2) is 0 Å². The molecule has 1 N–H and O–H groups in total. The van der Waals surface area contributed by atoms with Gasteiger partial charge < -0.3 is 5.32 Å². The van der Waals surface area contributed by atoms with Crippen LogP contribution in [0, 0.1) is 0 Å². The summed E-state index contributed by atoms with van der Waals surface area (Å²) in [6, 6.07) is 20.8. The minimum Gasteiger partial charge on any atom is -0.324 e. The predicted molar refractivity (Wildman–Crippen MR) is 113 cm³/mol. The second-order valence-corrected chi connectivity index (χ2v) is 8.60. The molecule has 0 bridgehead atoms. The van der Waals surface area contributed by atoms with Crippen LogP contribution in [0.25, 0.3) is 0 Å². The van der Waals surface area contributed by atoms with Crippen molar-refractivity contribution in [2.75, 3.05) is 16.2 Å². The summed E-state index contributed by atoms with van der Waals surface area (Å²) in [7, 11) is -3.98. The van der Waals surface area contributed by atoms with Gasteiger partial charge >= 0.3 is 0 Å². The van der Waals surface area contributed by atoms with Crippen LogP contribution in [0.15, 0.2) is 83.8 Å². The van der Waals surface area contributed by atoms with Crippen LogP contribution in [0.4, 0.5) is 11.4 Å². The average molecular weight is 435 g/mol. The molecule has 0 atom stereocenters. The third-order valence-corrected chi connectivity index (χ3v) is 6.08. The smallest absolute Gasteiger partial charge is 0.264 e. The van der Waals surface area contributed by atoms with Crippen LogP contribution in [0.3, 0.4) is 0 Å². The van der Waals surface area contributed by atoms with Crippen molar-refractivity contribution in [3.05, 3.63) is 88.9 Å². The van der Waals surface area contributed by atoms with Crippen LogP contribution >= 0.6 is 23.2 Å². The van der Waals surface area contributed by atoms with Gasteiger partial charge in [0, 0.05) is 15.7 Å². The molecule has 0 fully saturated rings. The van der Waals surface area contributed by atoms with Gasteiger partial charge in [-0.15, -0.1) is 0 Å². The Bertz CT molecular complexity index is 1090. The maximum absolute atomic E-state index is 13.2. The summed E-state index contributed by atoms with van der Waals surface area (Å²) in [4.78, 5) is 12.7. The van der Waals surface area contributed by atoms with Gasteiger partial charge in [-0.2, -0.15) is 0 Å². The van der Waals surface area contributed by atoms with E-state index in [1.165, 1.54) is 18.2 Å². The first-order valence-electron chi connectivity index (χ1n) is 8.25. The van der Waals surface area contributed by atoms with E-state index in [1.807, 2.05) is 0 Å². The second kappa shape index (κ2) is 8.65. The van der Waals surface area contributed by atoms with Crippen LogP contribution in [0.2, 0.25) is 10.0 Å². The number of amides is 1. The highest BCUT2D eigenvalue weighted by atomic mass is 35.5. The van der Waals surface area contributed by atoms with E-state index in [1.54, 1.807) is 60.7 Å². The minimum absolute atomic E-state index is 0.0746. The topological polar surface area (TPSA) is 66.5 Å². The normalized spacial score (nSPS) is 11.1. The predicted octanol–water partition coefficient (Wildman–Crippen LogP) is 4.83. The number of rotatable bonds is 6. The first-order chi connectivity index (χ1) is 13.4. The molecule has 0 radical (unpaired) electrons. The van der Waals surface area contributed by atoms with Gasteiger partial charge in [-0.3, -0.25) is 9.10 Å². The van der Waals surface area contributed by atoms with Gasteiger partial charge in [0.1, 0.15) is 6.54 Å². The van der Waals surface area contributed by atoms with E-state index in [0.717, 1.165) is 4.31 Å². The SMILES string of the molecule is O=C(CN(c1cccc(Cl)c1)S(=O)(=O)c1ccccc1)Nc1cccc(Cl)c1.